The molecular weight excluding hydrogens is 331 g/mol. The molecule has 3 rings (SSSR count). The van der Waals surface area contributed by atoms with E-state index in [0.717, 1.165) is 30.6 Å². The molecule has 0 amide bonds. The second kappa shape index (κ2) is 5.95. The van der Waals surface area contributed by atoms with Crippen molar-refractivity contribution in [2.75, 3.05) is 0 Å². The topological polar surface area (TPSA) is 25.9 Å². The molecule has 0 fully saturated rings. The fourth-order valence-corrected chi connectivity index (χ4v) is 3.22. The van der Waals surface area contributed by atoms with Crippen molar-refractivity contribution in [3.8, 4) is 11.3 Å². The Labute approximate surface area is 146 Å². The van der Waals surface area contributed by atoms with Gasteiger partial charge in [-0.1, -0.05) is 44.0 Å². The number of rotatable bonds is 3. The average Bonchev–Trinajstić information content (AvgIpc) is 3.05. The summed E-state index contributed by atoms with van der Waals surface area (Å²) in [5.74, 6) is 1.45. The molecule has 23 heavy (non-hydrogen) atoms. The van der Waals surface area contributed by atoms with Gasteiger partial charge in [0.05, 0.1) is 23.0 Å². The molecule has 2 aromatic rings. The molecule has 0 saturated carbocycles. The van der Waals surface area contributed by atoms with Gasteiger partial charge in [0.1, 0.15) is 12.7 Å². The molecule has 2 heterocycles. The standard InChI is InChI=1S/C18H21Cl2N2O/c1-18(2,3)16(23)11-21-10-15(22-8-4-5-17(21)22)12-6-7-13(19)14(20)9-12/h6-7,9-10H,4-5,8,11H2,1-3H3/q+1. The van der Waals surface area contributed by atoms with Gasteiger partial charge in [0.25, 0.3) is 5.82 Å². The van der Waals surface area contributed by atoms with Crippen LogP contribution in [0.2, 0.25) is 10.0 Å². The zero-order valence-electron chi connectivity index (χ0n) is 13.7. The quantitative estimate of drug-likeness (QED) is 0.756. The van der Waals surface area contributed by atoms with Gasteiger partial charge < -0.3 is 0 Å². The van der Waals surface area contributed by atoms with Crippen molar-refractivity contribution < 1.29 is 9.36 Å². The summed E-state index contributed by atoms with van der Waals surface area (Å²) in [7, 11) is 0. The van der Waals surface area contributed by atoms with Crippen molar-refractivity contribution in [2.45, 2.75) is 46.7 Å². The van der Waals surface area contributed by atoms with Crippen molar-refractivity contribution >= 4 is 29.0 Å². The van der Waals surface area contributed by atoms with Crippen molar-refractivity contribution in [3.05, 3.63) is 40.3 Å². The molecule has 0 aliphatic carbocycles. The van der Waals surface area contributed by atoms with Crippen molar-refractivity contribution in [1.29, 1.82) is 0 Å². The summed E-state index contributed by atoms with van der Waals surface area (Å²) >= 11 is 12.2. The largest absolute Gasteiger partial charge is 0.295 e. The van der Waals surface area contributed by atoms with Crippen LogP contribution in [0.3, 0.4) is 0 Å². The molecule has 1 aliphatic rings. The third-order valence-corrected chi connectivity index (χ3v) is 5.10. The molecule has 122 valence electrons. The molecule has 0 N–H and O–H groups in total. The second-order valence-electron chi connectivity index (χ2n) is 7.12. The highest BCUT2D eigenvalue weighted by Gasteiger charge is 2.32. The van der Waals surface area contributed by atoms with E-state index in [2.05, 4.69) is 15.3 Å². The van der Waals surface area contributed by atoms with Crippen molar-refractivity contribution in [3.63, 3.8) is 0 Å². The lowest BCUT2D eigenvalue weighted by Gasteiger charge is -2.14. The number of ketones is 1. The predicted molar refractivity (Wildman–Crippen MR) is 92.9 cm³/mol. The molecule has 3 nitrogen and oxygen atoms in total. The van der Waals surface area contributed by atoms with Crippen molar-refractivity contribution in [2.24, 2.45) is 5.41 Å². The highest BCUT2D eigenvalue weighted by Crippen LogP contribution is 2.30. The van der Waals surface area contributed by atoms with Crippen LogP contribution in [0.15, 0.2) is 24.4 Å². The van der Waals surface area contributed by atoms with E-state index in [1.165, 1.54) is 5.82 Å². The van der Waals surface area contributed by atoms with Crippen LogP contribution in [0.1, 0.15) is 33.0 Å². The molecule has 0 bridgehead atoms. The van der Waals surface area contributed by atoms with E-state index in [-0.39, 0.29) is 11.2 Å². The molecule has 0 unspecified atom stereocenters. The van der Waals surface area contributed by atoms with Gasteiger partial charge in [-0.2, -0.15) is 0 Å². The van der Waals surface area contributed by atoms with Crippen LogP contribution in [-0.2, 0) is 24.3 Å². The van der Waals surface area contributed by atoms with Gasteiger partial charge in [-0.25, -0.2) is 9.13 Å². The van der Waals surface area contributed by atoms with E-state index in [1.54, 1.807) is 0 Å². The monoisotopic (exact) mass is 351 g/mol. The lowest BCUT2D eigenvalue weighted by molar-refractivity contribution is -0.690. The SMILES string of the molecule is CC(C)(C)C(=O)C[n+]1cc(-c2ccc(Cl)c(Cl)c2)n2c1CCC2. The van der Waals surface area contributed by atoms with Gasteiger partial charge in [0, 0.05) is 11.0 Å². The first kappa shape index (κ1) is 16.5. The minimum atomic E-state index is -0.329. The zero-order chi connectivity index (χ0) is 16.8. The maximum Gasteiger partial charge on any atom is 0.257 e. The van der Waals surface area contributed by atoms with Gasteiger partial charge in [0.2, 0.25) is 0 Å². The fraction of sp³-hybridized carbons (Fsp3) is 0.444. The number of fused-ring (bicyclic) bond motifs is 1. The number of aromatic nitrogens is 2. The lowest BCUT2D eigenvalue weighted by Crippen LogP contribution is -2.43. The number of carbonyl (C=O) groups excluding carboxylic acids is 1. The van der Waals surface area contributed by atoms with E-state index in [0.29, 0.717) is 16.6 Å². The number of imidazole rings is 1. The number of hydrogen-bond donors (Lipinski definition) is 0. The Balaban J connectivity index is 2.01. The van der Waals surface area contributed by atoms with Gasteiger partial charge in [-0.3, -0.25) is 4.79 Å². The Morgan fingerprint density at radius 3 is 2.65 bits per heavy atom. The summed E-state index contributed by atoms with van der Waals surface area (Å²) in [6.07, 6.45) is 4.17. The molecule has 1 aromatic carbocycles. The van der Waals surface area contributed by atoms with E-state index in [4.69, 9.17) is 23.2 Å². The third-order valence-electron chi connectivity index (χ3n) is 4.36. The first-order valence-corrected chi connectivity index (χ1v) is 8.63. The van der Waals surface area contributed by atoms with Gasteiger partial charge in [0.15, 0.2) is 11.5 Å². The Bertz CT molecular complexity index is 772. The number of halogens is 2. The van der Waals surface area contributed by atoms with Crippen LogP contribution < -0.4 is 4.57 Å². The molecule has 0 spiro atoms. The van der Waals surface area contributed by atoms with Crippen molar-refractivity contribution in [1.82, 2.24) is 4.57 Å². The van der Waals surface area contributed by atoms with Crippen LogP contribution in [0.4, 0.5) is 0 Å². The van der Waals surface area contributed by atoms with Crippen LogP contribution in [0, 0.1) is 5.41 Å². The minimum absolute atomic E-state index is 0.239. The summed E-state index contributed by atoms with van der Waals surface area (Å²) in [5, 5.41) is 1.11. The summed E-state index contributed by atoms with van der Waals surface area (Å²) in [4.78, 5) is 12.4. The average molecular weight is 352 g/mol. The normalized spacial score (nSPS) is 14.1. The number of carbonyl (C=O) groups is 1. The predicted octanol–water partition coefficient (Wildman–Crippen LogP) is 4.31. The van der Waals surface area contributed by atoms with Crippen LogP contribution >= 0.6 is 23.2 Å². The highest BCUT2D eigenvalue weighted by molar-refractivity contribution is 6.42. The molecule has 0 saturated heterocycles. The Morgan fingerprint density at radius 1 is 1.26 bits per heavy atom. The highest BCUT2D eigenvalue weighted by atomic mass is 35.5. The lowest BCUT2D eigenvalue weighted by atomic mass is 9.91. The van der Waals surface area contributed by atoms with Crippen LogP contribution in [-0.4, -0.2) is 10.4 Å². The summed E-state index contributed by atoms with van der Waals surface area (Å²) in [6.45, 7) is 7.28. The summed E-state index contributed by atoms with van der Waals surface area (Å²) < 4.78 is 4.38. The molecule has 0 atom stereocenters. The van der Waals surface area contributed by atoms with E-state index in [9.17, 15) is 4.79 Å². The first-order valence-electron chi connectivity index (χ1n) is 7.88. The Hall–Kier alpha value is -1.32. The smallest absolute Gasteiger partial charge is 0.257 e. The van der Waals surface area contributed by atoms with Gasteiger partial charge >= 0.3 is 0 Å². The van der Waals surface area contributed by atoms with E-state index < -0.39 is 0 Å². The maximum absolute atomic E-state index is 12.4. The number of Topliss-reactive ketones (excluding diaryl/α,β-unsaturated/α-hetero) is 1. The van der Waals surface area contributed by atoms with E-state index >= 15 is 0 Å². The fourth-order valence-electron chi connectivity index (χ4n) is 2.92. The number of benzene rings is 1. The molecular formula is C18H21Cl2N2O+. The third kappa shape index (κ3) is 3.17. The second-order valence-corrected chi connectivity index (χ2v) is 7.93. The summed E-state index contributed by atoms with van der Waals surface area (Å²) in [5.41, 5.74) is 1.80. The zero-order valence-corrected chi connectivity index (χ0v) is 15.2. The van der Waals surface area contributed by atoms with Gasteiger partial charge in [-0.05, 0) is 24.6 Å². The summed E-state index contributed by atoms with van der Waals surface area (Å²) in [6, 6.07) is 5.69. The minimum Gasteiger partial charge on any atom is -0.295 e. The number of nitrogens with zero attached hydrogens (tertiary/aromatic N) is 2. The first-order chi connectivity index (χ1) is 10.8. The maximum atomic E-state index is 12.4. The molecule has 1 aliphatic heterocycles. The number of hydrogen-bond acceptors (Lipinski definition) is 1. The molecule has 1 aromatic heterocycles. The van der Waals surface area contributed by atoms with E-state index in [1.807, 2.05) is 39.0 Å². The Kier molecular flexibility index (Phi) is 4.28. The molecule has 0 radical (unpaired) electrons. The Morgan fingerprint density at radius 2 is 2.00 bits per heavy atom. The molecule has 5 heteroatoms. The van der Waals surface area contributed by atoms with Gasteiger partial charge in [-0.15, -0.1) is 0 Å². The van der Waals surface area contributed by atoms with Crippen LogP contribution in [0.5, 0.6) is 0 Å². The van der Waals surface area contributed by atoms with Crippen LogP contribution in [0.25, 0.3) is 11.3 Å².